The van der Waals surface area contributed by atoms with Crippen LogP contribution >= 0.6 is 23.2 Å². The number of halogens is 2. The van der Waals surface area contributed by atoms with Gasteiger partial charge in [-0.2, -0.15) is 0 Å². The summed E-state index contributed by atoms with van der Waals surface area (Å²) in [6.07, 6.45) is 1.11. The molecular weight excluding hydrogens is 259 g/mol. The number of sulfone groups is 1. The average Bonchev–Trinajstić information content (AvgIpc) is 1.99. The zero-order valence-corrected chi connectivity index (χ0v) is 10.2. The molecule has 0 radical (unpaired) electrons. The molecule has 0 aromatic heterocycles. The van der Waals surface area contributed by atoms with Gasteiger partial charge in [-0.25, -0.2) is 8.42 Å². The Labute approximate surface area is 97.9 Å². The SMILES string of the molecule is CS(=O)(=O)Cc1cc(Cl)cc(C(=O)Cl)c1. The van der Waals surface area contributed by atoms with E-state index in [1.165, 1.54) is 18.2 Å². The Morgan fingerprint density at radius 2 is 1.93 bits per heavy atom. The Bertz CT molecular complexity index is 494. The third-order valence-electron chi connectivity index (χ3n) is 1.61. The summed E-state index contributed by atoms with van der Waals surface area (Å²) in [6.45, 7) is 0. The van der Waals surface area contributed by atoms with E-state index in [9.17, 15) is 13.2 Å². The van der Waals surface area contributed by atoms with Crippen molar-refractivity contribution in [2.75, 3.05) is 6.26 Å². The van der Waals surface area contributed by atoms with E-state index in [4.69, 9.17) is 23.2 Å². The molecule has 0 N–H and O–H groups in total. The van der Waals surface area contributed by atoms with E-state index in [-0.39, 0.29) is 11.3 Å². The first-order chi connectivity index (χ1) is 6.78. The van der Waals surface area contributed by atoms with Crippen molar-refractivity contribution < 1.29 is 13.2 Å². The maximum Gasteiger partial charge on any atom is 0.252 e. The topological polar surface area (TPSA) is 51.2 Å². The summed E-state index contributed by atoms with van der Waals surface area (Å²) in [5, 5.41) is -0.368. The van der Waals surface area contributed by atoms with E-state index in [1.807, 2.05) is 0 Å². The quantitative estimate of drug-likeness (QED) is 0.789. The molecule has 1 aromatic carbocycles. The predicted molar refractivity (Wildman–Crippen MR) is 60.2 cm³/mol. The first-order valence-corrected chi connectivity index (χ1v) is 6.76. The minimum Gasteiger partial charge on any atom is -0.276 e. The van der Waals surface area contributed by atoms with Crippen molar-refractivity contribution in [2.45, 2.75) is 5.75 Å². The second-order valence-electron chi connectivity index (χ2n) is 3.19. The van der Waals surface area contributed by atoms with E-state index >= 15 is 0 Å². The van der Waals surface area contributed by atoms with Crippen molar-refractivity contribution in [3.63, 3.8) is 0 Å². The molecule has 0 saturated heterocycles. The van der Waals surface area contributed by atoms with Gasteiger partial charge in [0.25, 0.3) is 5.24 Å². The van der Waals surface area contributed by atoms with Crippen LogP contribution in [0.4, 0.5) is 0 Å². The first kappa shape index (κ1) is 12.5. The normalized spacial score (nSPS) is 11.4. The lowest BCUT2D eigenvalue weighted by atomic mass is 10.1. The van der Waals surface area contributed by atoms with Crippen molar-refractivity contribution in [1.29, 1.82) is 0 Å². The van der Waals surface area contributed by atoms with Gasteiger partial charge < -0.3 is 0 Å². The van der Waals surface area contributed by atoms with Gasteiger partial charge in [0.15, 0.2) is 9.84 Å². The lowest BCUT2D eigenvalue weighted by Crippen LogP contribution is -2.02. The lowest BCUT2D eigenvalue weighted by Gasteiger charge is -2.02. The molecule has 1 rings (SSSR count). The van der Waals surface area contributed by atoms with Crippen LogP contribution in [0.5, 0.6) is 0 Å². The second kappa shape index (κ2) is 4.51. The van der Waals surface area contributed by atoms with Crippen molar-refractivity contribution in [2.24, 2.45) is 0 Å². The summed E-state index contributed by atoms with van der Waals surface area (Å²) in [4.78, 5) is 10.9. The highest BCUT2D eigenvalue weighted by Gasteiger charge is 2.09. The van der Waals surface area contributed by atoms with Gasteiger partial charge in [-0.15, -0.1) is 0 Å². The molecule has 15 heavy (non-hydrogen) atoms. The highest BCUT2D eigenvalue weighted by atomic mass is 35.5. The number of benzene rings is 1. The lowest BCUT2D eigenvalue weighted by molar-refractivity contribution is 0.108. The molecule has 0 saturated carbocycles. The Morgan fingerprint density at radius 3 is 2.40 bits per heavy atom. The summed E-state index contributed by atoms with van der Waals surface area (Å²) in [5.74, 6) is -0.162. The van der Waals surface area contributed by atoms with Crippen molar-refractivity contribution >= 4 is 38.3 Å². The molecule has 0 atom stereocenters. The molecule has 1 aromatic rings. The van der Waals surface area contributed by atoms with Crippen molar-refractivity contribution in [1.82, 2.24) is 0 Å². The van der Waals surface area contributed by atoms with Gasteiger partial charge in [-0.05, 0) is 35.4 Å². The van der Waals surface area contributed by atoms with E-state index < -0.39 is 15.1 Å². The molecule has 0 aliphatic carbocycles. The Morgan fingerprint density at radius 1 is 1.33 bits per heavy atom. The Hall–Kier alpha value is -0.580. The van der Waals surface area contributed by atoms with Crippen LogP contribution in [0.1, 0.15) is 15.9 Å². The van der Waals surface area contributed by atoms with Gasteiger partial charge in [0, 0.05) is 16.8 Å². The molecule has 0 amide bonds. The van der Waals surface area contributed by atoms with Gasteiger partial charge in [0.05, 0.1) is 5.75 Å². The van der Waals surface area contributed by atoms with Crippen LogP contribution < -0.4 is 0 Å². The van der Waals surface area contributed by atoms with Gasteiger partial charge >= 0.3 is 0 Å². The standard InChI is InChI=1S/C9H8Cl2O3S/c1-15(13,14)5-6-2-7(9(11)12)4-8(10)3-6/h2-4H,5H2,1H3. The van der Waals surface area contributed by atoms with Crippen molar-refractivity contribution in [3.05, 3.63) is 34.3 Å². The minimum atomic E-state index is -3.15. The second-order valence-corrected chi connectivity index (χ2v) is 6.11. The maximum atomic E-state index is 11.0. The fourth-order valence-electron chi connectivity index (χ4n) is 1.15. The average molecular weight is 267 g/mol. The number of carbonyl (C=O) groups excluding carboxylic acids is 1. The molecule has 6 heteroatoms. The molecule has 3 nitrogen and oxygen atoms in total. The molecule has 0 heterocycles. The van der Waals surface area contributed by atoms with Crippen LogP contribution in [0.3, 0.4) is 0 Å². The van der Waals surface area contributed by atoms with Crippen LogP contribution in [-0.4, -0.2) is 19.9 Å². The highest BCUT2D eigenvalue weighted by Crippen LogP contribution is 2.18. The molecule has 0 spiro atoms. The summed E-state index contributed by atoms with van der Waals surface area (Å²) < 4.78 is 22.1. The molecule has 0 aliphatic heterocycles. The smallest absolute Gasteiger partial charge is 0.252 e. The van der Waals surface area contributed by atoms with Crippen LogP contribution in [0.25, 0.3) is 0 Å². The van der Waals surface area contributed by atoms with E-state index in [0.29, 0.717) is 10.6 Å². The predicted octanol–water partition coefficient (Wildman–Crippen LogP) is 2.26. The van der Waals surface area contributed by atoms with Gasteiger partial charge in [0.2, 0.25) is 0 Å². The molecule has 0 bridgehead atoms. The fraction of sp³-hybridized carbons (Fsp3) is 0.222. The van der Waals surface area contributed by atoms with E-state index in [1.54, 1.807) is 0 Å². The van der Waals surface area contributed by atoms with Crippen LogP contribution in [0, 0.1) is 0 Å². The molecule has 0 fully saturated rings. The number of hydrogen-bond donors (Lipinski definition) is 0. The highest BCUT2D eigenvalue weighted by molar-refractivity contribution is 7.89. The molecular formula is C9H8Cl2O3S. The van der Waals surface area contributed by atoms with Crippen molar-refractivity contribution in [3.8, 4) is 0 Å². The van der Waals surface area contributed by atoms with Crippen LogP contribution in [0.15, 0.2) is 18.2 Å². The number of carbonyl (C=O) groups is 1. The Balaban J connectivity index is 3.15. The molecule has 0 unspecified atom stereocenters. The zero-order valence-electron chi connectivity index (χ0n) is 7.83. The number of hydrogen-bond acceptors (Lipinski definition) is 3. The van der Waals surface area contributed by atoms with Gasteiger partial charge in [0.1, 0.15) is 0 Å². The minimum absolute atomic E-state index is 0.162. The van der Waals surface area contributed by atoms with Gasteiger partial charge in [-0.1, -0.05) is 11.6 Å². The van der Waals surface area contributed by atoms with Gasteiger partial charge in [-0.3, -0.25) is 4.79 Å². The number of rotatable bonds is 3. The molecule has 0 aliphatic rings. The van der Waals surface area contributed by atoms with E-state index in [0.717, 1.165) is 6.26 Å². The summed E-state index contributed by atoms with van der Waals surface area (Å²) in [5.41, 5.74) is 0.650. The summed E-state index contributed by atoms with van der Waals surface area (Å²) in [6, 6.07) is 4.30. The third kappa shape index (κ3) is 4.20. The molecule has 82 valence electrons. The maximum absolute atomic E-state index is 11.0. The van der Waals surface area contributed by atoms with Crippen LogP contribution in [-0.2, 0) is 15.6 Å². The van der Waals surface area contributed by atoms with Crippen LogP contribution in [0.2, 0.25) is 5.02 Å². The summed E-state index contributed by atoms with van der Waals surface area (Å²) in [7, 11) is -3.15. The Kier molecular flexibility index (Phi) is 3.76. The summed E-state index contributed by atoms with van der Waals surface area (Å²) >= 11 is 11.0. The monoisotopic (exact) mass is 266 g/mol. The van der Waals surface area contributed by atoms with E-state index in [2.05, 4.69) is 0 Å². The first-order valence-electron chi connectivity index (χ1n) is 3.95. The fourth-order valence-corrected chi connectivity index (χ4v) is 2.29. The third-order valence-corrected chi connectivity index (χ3v) is 2.91. The zero-order chi connectivity index (χ0) is 11.6. The largest absolute Gasteiger partial charge is 0.276 e.